The number of morpholine rings is 1. The van der Waals surface area contributed by atoms with Crippen molar-refractivity contribution < 1.29 is 13.9 Å². The van der Waals surface area contributed by atoms with E-state index in [9.17, 15) is 4.39 Å². The van der Waals surface area contributed by atoms with Gasteiger partial charge in [0.25, 0.3) is 0 Å². The van der Waals surface area contributed by atoms with E-state index in [0.29, 0.717) is 0 Å². The molecule has 1 unspecified atom stereocenters. The zero-order chi connectivity index (χ0) is 32.5. The van der Waals surface area contributed by atoms with Gasteiger partial charge in [0, 0.05) is 46.3 Å². The number of hydrogen-bond acceptors (Lipinski definition) is 3. The molecule has 3 aliphatic rings. The smallest absolute Gasteiger partial charge is 0.178 e. The fraction of sp³-hybridized carbons (Fsp3) is 0.182. The Morgan fingerprint density at radius 3 is 2.08 bits per heavy atom. The van der Waals surface area contributed by atoms with E-state index < -0.39 is 5.60 Å². The molecule has 6 aromatic rings. The highest BCUT2D eigenvalue weighted by molar-refractivity contribution is 6.08. The summed E-state index contributed by atoms with van der Waals surface area (Å²) in [6.07, 6.45) is 4.44. The van der Waals surface area contributed by atoms with Crippen LogP contribution < -0.4 is 9.64 Å². The number of halogens is 1. The number of hydrogen-bond donors (Lipinski definition) is 0. The van der Waals surface area contributed by atoms with Gasteiger partial charge in [0.15, 0.2) is 5.60 Å². The summed E-state index contributed by atoms with van der Waals surface area (Å²) >= 11 is 0. The van der Waals surface area contributed by atoms with Gasteiger partial charge < -0.3 is 14.4 Å². The lowest BCUT2D eigenvalue weighted by Gasteiger charge is -2.38. The Morgan fingerprint density at radius 1 is 0.688 bits per heavy atom. The minimum Gasteiger partial charge on any atom is -0.472 e. The standard InChI is InChI=1S/C44H36FNO2/c1-43(2)39-28-30(29-8-4-3-5-9-29)12-21-37(39)40-35-10-6-7-11-36(35)42-38(41(40)43)22-23-44(48-42,31-13-17-33(45)18-14-31)32-15-19-34(20-16-32)46-24-26-47-27-25-46/h3-23,28H,24-27H2,1-2H3. The first kappa shape index (κ1) is 29.0. The van der Waals surface area contributed by atoms with Crippen LogP contribution >= 0.6 is 0 Å². The molecule has 1 fully saturated rings. The van der Waals surface area contributed by atoms with E-state index in [1.807, 2.05) is 12.1 Å². The molecule has 1 saturated heterocycles. The second-order valence-corrected chi connectivity index (χ2v) is 13.6. The van der Waals surface area contributed by atoms with Crippen molar-refractivity contribution >= 4 is 22.5 Å². The molecular weight excluding hydrogens is 593 g/mol. The molecule has 0 aromatic heterocycles. The Morgan fingerprint density at radius 2 is 1.35 bits per heavy atom. The highest BCUT2D eigenvalue weighted by Crippen LogP contribution is 2.58. The third kappa shape index (κ3) is 4.36. The predicted molar refractivity (Wildman–Crippen MR) is 193 cm³/mol. The first-order valence-corrected chi connectivity index (χ1v) is 16.8. The number of rotatable bonds is 4. The third-order valence-electron chi connectivity index (χ3n) is 10.6. The van der Waals surface area contributed by atoms with E-state index >= 15 is 0 Å². The summed E-state index contributed by atoms with van der Waals surface area (Å²) in [4.78, 5) is 2.35. The van der Waals surface area contributed by atoms with Crippen LogP contribution in [0.2, 0.25) is 0 Å². The van der Waals surface area contributed by atoms with E-state index in [0.717, 1.165) is 59.8 Å². The predicted octanol–water partition coefficient (Wildman–Crippen LogP) is 10.1. The Bertz CT molecular complexity index is 2210. The van der Waals surface area contributed by atoms with Gasteiger partial charge in [0.05, 0.1) is 13.2 Å². The van der Waals surface area contributed by atoms with Crippen LogP contribution in [0.25, 0.3) is 39.1 Å². The molecule has 0 amide bonds. The van der Waals surface area contributed by atoms with Gasteiger partial charge in [-0.15, -0.1) is 0 Å². The number of nitrogens with zero attached hydrogens (tertiary/aromatic N) is 1. The number of fused-ring (bicyclic) bond motifs is 8. The quantitative estimate of drug-likeness (QED) is 0.194. The largest absolute Gasteiger partial charge is 0.472 e. The molecule has 236 valence electrons. The van der Waals surface area contributed by atoms with Crippen LogP contribution in [-0.4, -0.2) is 26.3 Å². The van der Waals surface area contributed by atoms with Gasteiger partial charge in [-0.2, -0.15) is 0 Å². The van der Waals surface area contributed by atoms with E-state index in [-0.39, 0.29) is 11.2 Å². The van der Waals surface area contributed by atoms with Gasteiger partial charge in [0.2, 0.25) is 0 Å². The van der Waals surface area contributed by atoms with Gasteiger partial charge in [-0.1, -0.05) is 111 Å². The molecule has 0 radical (unpaired) electrons. The Kier molecular flexibility index (Phi) is 6.60. The molecule has 48 heavy (non-hydrogen) atoms. The molecule has 0 bridgehead atoms. The maximum atomic E-state index is 14.3. The van der Waals surface area contributed by atoms with Gasteiger partial charge in [0.1, 0.15) is 11.6 Å². The summed E-state index contributed by atoms with van der Waals surface area (Å²) in [6.45, 7) is 7.87. The molecule has 9 rings (SSSR count). The van der Waals surface area contributed by atoms with Crippen molar-refractivity contribution in [1.82, 2.24) is 0 Å². The minimum atomic E-state index is -0.947. The summed E-state index contributed by atoms with van der Waals surface area (Å²) in [5.74, 6) is 0.590. The molecule has 3 nitrogen and oxygen atoms in total. The Labute approximate surface area is 280 Å². The number of anilines is 1. The minimum absolute atomic E-state index is 0.269. The van der Waals surface area contributed by atoms with Crippen molar-refractivity contribution in [1.29, 1.82) is 0 Å². The average Bonchev–Trinajstić information content (AvgIpc) is 3.38. The van der Waals surface area contributed by atoms with Crippen molar-refractivity contribution in [3.05, 3.63) is 161 Å². The lowest BCUT2D eigenvalue weighted by atomic mass is 9.76. The first-order valence-electron chi connectivity index (χ1n) is 16.8. The SMILES string of the molecule is CC1(C)c2cc(-c3ccccc3)ccc2-c2c1c1c(c3ccccc23)OC(c2ccc(F)cc2)(c2ccc(N3CCOCC3)cc2)C=C1. The van der Waals surface area contributed by atoms with Gasteiger partial charge in [-0.3, -0.25) is 0 Å². The zero-order valence-corrected chi connectivity index (χ0v) is 27.2. The fourth-order valence-corrected chi connectivity index (χ4v) is 8.16. The molecule has 2 heterocycles. The van der Waals surface area contributed by atoms with Crippen molar-refractivity contribution in [3.63, 3.8) is 0 Å². The fourth-order valence-electron chi connectivity index (χ4n) is 8.16. The van der Waals surface area contributed by atoms with E-state index in [2.05, 4.69) is 128 Å². The Balaban J connectivity index is 1.24. The van der Waals surface area contributed by atoms with Crippen LogP contribution in [0.15, 0.2) is 127 Å². The maximum Gasteiger partial charge on any atom is 0.178 e. The summed E-state index contributed by atoms with van der Waals surface area (Å²) in [5.41, 5.74) is 10.5. The summed E-state index contributed by atoms with van der Waals surface area (Å²) < 4.78 is 27.3. The number of ether oxygens (including phenoxy) is 2. The second kappa shape index (κ2) is 10.9. The summed E-state index contributed by atoms with van der Waals surface area (Å²) in [6, 6.07) is 41.5. The van der Waals surface area contributed by atoms with Crippen molar-refractivity contribution in [2.24, 2.45) is 0 Å². The lowest BCUT2D eigenvalue weighted by Crippen LogP contribution is -2.37. The van der Waals surface area contributed by atoms with Crippen molar-refractivity contribution in [3.8, 4) is 28.0 Å². The van der Waals surface area contributed by atoms with Crippen LogP contribution in [0.3, 0.4) is 0 Å². The molecule has 0 N–H and O–H groups in total. The van der Waals surface area contributed by atoms with Crippen molar-refractivity contribution in [2.75, 3.05) is 31.2 Å². The van der Waals surface area contributed by atoms with Gasteiger partial charge in [-0.25, -0.2) is 4.39 Å². The molecule has 1 atom stereocenters. The molecule has 0 saturated carbocycles. The van der Waals surface area contributed by atoms with Gasteiger partial charge >= 0.3 is 0 Å². The highest BCUT2D eigenvalue weighted by Gasteiger charge is 2.44. The highest BCUT2D eigenvalue weighted by atomic mass is 19.1. The zero-order valence-electron chi connectivity index (χ0n) is 27.2. The molecule has 2 aliphatic heterocycles. The monoisotopic (exact) mass is 629 g/mol. The maximum absolute atomic E-state index is 14.3. The number of benzene rings is 6. The summed E-state index contributed by atoms with van der Waals surface area (Å²) in [7, 11) is 0. The average molecular weight is 630 g/mol. The van der Waals surface area contributed by atoms with E-state index in [1.165, 1.54) is 50.9 Å². The Hall–Kier alpha value is -5.19. The molecular formula is C44H36FNO2. The molecule has 4 heteroatoms. The topological polar surface area (TPSA) is 21.7 Å². The van der Waals surface area contributed by atoms with Gasteiger partial charge in [-0.05, 0) is 75.2 Å². The van der Waals surface area contributed by atoms with Crippen LogP contribution in [0.4, 0.5) is 10.1 Å². The summed E-state index contributed by atoms with van der Waals surface area (Å²) in [5, 5.41) is 2.25. The molecule has 6 aromatic carbocycles. The second-order valence-electron chi connectivity index (χ2n) is 13.6. The van der Waals surface area contributed by atoms with E-state index in [1.54, 1.807) is 0 Å². The first-order chi connectivity index (χ1) is 23.4. The van der Waals surface area contributed by atoms with Crippen LogP contribution in [-0.2, 0) is 15.8 Å². The molecule has 1 aliphatic carbocycles. The third-order valence-corrected chi connectivity index (χ3v) is 10.6. The van der Waals surface area contributed by atoms with Crippen LogP contribution in [0.1, 0.15) is 41.7 Å². The molecule has 0 spiro atoms. The van der Waals surface area contributed by atoms with Crippen LogP contribution in [0, 0.1) is 5.82 Å². The lowest BCUT2D eigenvalue weighted by molar-refractivity contribution is 0.122. The normalized spacial score (nSPS) is 19.0. The van der Waals surface area contributed by atoms with Crippen molar-refractivity contribution in [2.45, 2.75) is 24.9 Å². The van der Waals surface area contributed by atoms with E-state index in [4.69, 9.17) is 9.47 Å². The van der Waals surface area contributed by atoms with Crippen LogP contribution in [0.5, 0.6) is 5.75 Å².